The van der Waals surface area contributed by atoms with Crippen molar-refractivity contribution in [2.24, 2.45) is 13.0 Å². The van der Waals surface area contributed by atoms with Gasteiger partial charge in [0.1, 0.15) is 5.82 Å². The van der Waals surface area contributed by atoms with Crippen LogP contribution in [0.3, 0.4) is 0 Å². The summed E-state index contributed by atoms with van der Waals surface area (Å²) < 4.78 is 1.91. The SMILES string of the molecule is Cn1cnc([C@@H]2CN(c3cnc(N4CCCC4=O)cn3)C[C@H]2C(=O)NC2CC2)c1. The standard InChI is InChI=1S/C20H25N7O2/c1-25-11-16(23-12-25)14-9-26(10-15(14)20(29)24-13-4-5-13)17-7-22-18(8-21-17)27-6-2-3-19(27)28/h7-8,11-15H,2-6,9-10H2,1H3,(H,24,29)/t14-,15-/m1/s1. The van der Waals surface area contributed by atoms with Gasteiger partial charge in [0, 0.05) is 51.3 Å². The summed E-state index contributed by atoms with van der Waals surface area (Å²) in [4.78, 5) is 42.1. The van der Waals surface area contributed by atoms with Crippen molar-refractivity contribution in [1.82, 2.24) is 24.8 Å². The predicted octanol–water partition coefficient (Wildman–Crippen LogP) is 0.836. The molecule has 0 unspecified atom stereocenters. The molecule has 4 heterocycles. The first kappa shape index (κ1) is 18.1. The van der Waals surface area contributed by atoms with Gasteiger partial charge in [-0.2, -0.15) is 0 Å². The molecule has 3 fully saturated rings. The lowest BCUT2D eigenvalue weighted by Gasteiger charge is -2.19. The van der Waals surface area contributed by atoms with Crippen molar-refractivity contribution in [2.75, 3.05) is 29.4 Å². The van der Waals surface area contributed by atoms with Gasteiger partial charge in [-0.15, -0.1) is 0 Å². The second kappa shape index (κ2) is 7.13. The normalized spacial score (nSPS) is 24.4. The number of hydrogen-bond donors (Lipinski definition) is 1. The van der Waals surface area contributed by atoms with Crippen LogP contribution in [0.1, 0.15) is 37.3 Å². The van der Waals surface area contributed by atoms with Gasteiger partial charge in [-0.1, -0.05) is 0 Å². The topological polar surface area (TPSA) is 96.2 Å². The molecule has 9 heteroatoms. The molecule has 2 saturated heterocycles. The van der Waals surface area contributed by atoms with E-state index in [9.17, 15) is 9.59 Å². The first-order chi connectivity index (χ1) is 14.1. The largest absolute Gasteiger partial charge is 0.354 e. The zero-order valence-electron chi connectivity index (χ0n) is 16.5. The van der Waals surface area contributed by atoms with Crippen LogP contribution in [0.4, 0.5) is 11.6 Å². The average molecular weight is 395 g/mol. The second-order valence-electron chi connectivity index (χ2n) is 8.25. The van der Waals surface area contributed by atoms with E-state index in [0.29, 0.717) is 37.9 Å². The van der Waals surface area contributed by atoms with Gasteiger partial charge in [-0.25, -0.2) is 15.0 Å². The molecule has 0 spiro atoms. The van der Waals surface area contributed by atoms with E-state index < -0.39 is 0 Å². The summed E-state index contributed by atoms with van der Waals surface area (Å²) in [6.45, 7) is 1.94. The maximum atomic E-state index is 12.9. The number of nitrogens with zero attached hydrogens (tertiary/aromatic N) is 6. The van der Waals surface area contributed by atoms with Crippen molar-refractivity contribution in [1.29, 1.82) is 0 Å². The molecule has 2 atom stereocenters. The first-order valence-electron chi connectivity index (χ1n) is 10.2. The Morgan fingerprint density at radius 2 is 1.93 bits per heavy atom. The molecule has 0 bridgehead atoms. The summed E-state index contributed by atoms with van der Waals surface area (Å²) in [5.41, 5.74) is 0.929. The fraction of sp³-hybridized carbons (Fsp3) is 0.550. The Balaban J connectivity index is 1.36. The van der Waals surface area contributed by atoms with Crippen molar-refractivity contribution < 1.29 is 9.59 Å². The number of rotatable bonds is 5. The summed E-state index contributed by atoms with van der Waals surface area (Å²) >= 11 is 0. The summed E-state index contributed by atoms with van der Waals surface area (Å²) in [5.74, 6) is 1.35. The van der Waals surface area contributed by atoms with Crippen LogP contribution in [-0.4, -0.2) is 57.0 Å². The van der Waals surface area contributed by atoms with Crippen LogP contribution in [0, 0.1) is 5.92 Å². The van der Waals surface area contributed by atoms with E-state index in [1.54, 1.807) is 23.6 Å². The molecule has 1 N–H and O–H groups in total. The van der Waals surface area contributed by atoms with Crippen LogP contribution < -0.4 is 15.1 Å². The molecular weight excluding hydrogens is 370 g/mol. The quantitative estimate of drug-likeness (QED) is 0.806. The van der Waals surface area contributed by atoms with E-state index in [1.165, 1.54) is 0 Å². The molecule has 2 aromatic rings. The van der Waals surface area contributed by atoms with Crippen molar-refractivity contribution >= 4 is 23.5 Å². The molecule has 2 aliphatic heterocycles. The Morgan fingerprint density at radius 3 is 2.55 bits per heavy atom. The number of aryl methyl sites for hydroxylation is 1. The fourth-order valence-corrected chi connectivity index (χ4v) is 4.22. The molecule has 1 aliphatic carbocycles. The number of amides is 2. The zero-order valence-corrected chi connectivity index (χ0v) is 16.5. The molecule has 9 nitrogen and oxygen atoms in total. The Labute approximate surface area is 169 Å². The lowest BCUT2D eigenvalue weighted by Crippen LogP contribution is -2.36. The molecule has 1 saturated carbocycles. The molecule has 152 valence electrons. The van der Waals surface area contributed by atoms with E-state index in [2.05, 4.69) is 25.2 Å². The number of hydrogen-bond acceptors (Lipinski definition) is 6. The monoisotopic (exact) mass is 395 g/mol. The highest BCUT2D eigenvalue weighted by atomic mass is 16.2. The molecule has 2 aromatic heterocycles. The van der Waals surface area contributed by atoms with Crippen LogP contribution in [0.25, 0.3) is 0 Å². The van der Waals surface area contributed by atoms with Crippen molar-refractivity contribution in [3.05, 3.63) is 30.6 Å². The smallest absolute Gasteiger partial charge is 0.228 e. The van der Waals surface area contributed by atoms with Gasteiger partial charge in [-0.05, 0) is 19.3 Å². The lowest BCUT2D eigenvalue weighted by atomic mass is 9.92. The minimum absolute atomic E-state index is 0.0107. The molecule has 0 aromatic carbocycles. The highest BCUT2D eigenvalue weighted by molar-refractivity contribution is 5.94. The summed E-state index contributed by atoms with van der Waals surface area (Å²) in [6, 6.07) is 0.331. The third-order valence-corrected chi connectivity index (χ3v) is 5.98. The molecule has 29 heavy (non-hydrogen) atoms. The molecular formula is C20H25N7O2. The number of anilines is 2. The lowest BCUT2D eigenvalue weighted by molar-refractivity contribution is -0.125. The van der Waals surface area contributed by atoms with Crippen LogP contribution in [0.5, 0.6) is 0 Å². The highest BCUT2D eigenvalue weighted by Gasteiger charge is 2.41. The van der Waals surface area contributed by atoms with E-state index in [4.69, 9.17) is 0 Å². The zero-order chi connectivity index (χ0) is 20.0. The van der Waals surface area contributed by atoms with Crippen molar-refractivity contribution in [3.63, 3.8) is 0 Å². The Bertz CT molecular complexity index is 921. The summed E-state index contributed by atoms with van der Waals surface area (Å²) in [5, 5.41) is 3.15. The van der Waals surface area contributed by atoms with E-state index in [-0.39, 0.29) is 23.7 Å². The molecule has 2 amide bonds. The first-order valence-corrected chi connectivity index (χ1v) is 10.2. The third kappa shape index (κ3) is 3.56. The van der Waals surface area contributed by atoms with Crippen LogP contribution in [0.15, 0.2) is 24.9 Å². The van der Waals surface area contributed by atoms with Crippen LogP contribution in [-0.2, 0) is 16.6 Å². The Kier molecular flexibility index (Phi) is 4.44. The van der Waals surface area contributed by atoms with Gasteiger partial charge in [0.2, 0.25) is 11.8 Å². The Morgan fingerprint density at radius 1 is 1.14 bits per heavy atom. The molecule has 0 radical (unpaired) electrons. The Hall–Kier alpha value is -2.97. The summed E-state index contributed by atoms with van der Waals surface area (Å²) in [6.07, 6.45) is 10.7. The predicted molar refractivity (Wildman–Crippen MR) is 106 cm³/mol. The van der Waals surface area contributed by atoms with Crippen LogP contribution >= 0.6 is 0 Å². The summed E-state index contributed by atoms with van der Waals surface area (Å²) in [7, 11) is 1.94. The van der Waals surface area contributed by atoms with Crippen LogP contribution in [0.2, 0.25) is 0 Å². The molecule has 3 aliphatic rings. The van der Waals surface area contributed by atoms with E-state index >= 15 is 0 Å². The minimum atomic E-state index is -0.174. The number of aromatic nitrogens is 4. The second-order valence-corrected chi connectivity index (χ2v) is 8.25. The number of carbonyl (C=O) groups is 2. The van der Waals surface area contributed by atoms with Gasteiger partial charge in [0.05, 0.1) is 30.3 Å². The van der Waals surface area contributed by atoms with Gasteiger partial charge in [0.15, 0.2) is 5.82 Å². The van der Waals surface area contributed by atoms with E-state index in [0.717, 1.165) is 30.8 Å². The fourth-order valence-electron chi connectivity index (χ4n) is 4.22. The number of carbonyl (C=O) groups excluding carboxylic acids is 2. The van der Waals surface area contributed by atoms with Gasteiger partial charge in [0.25, 0.3) is 0 Å². The van der Waals surface area contributed by atoms with Gasteiger partial charge >= 0.3 is 0 Å². The number of nitrogens with one attached hydrogen (secondary N) is 1. The minimum Gasteiger partial charge on any atom is -0.354 e. The maximum absolute atomic E-state index is 12.9. The average Bonchev–Trinajstić information content (AvgIpc) is 3.09. The van der Waals surface area contributed by atoms with E-state index in [1.807, 2.05) is 17.8 Å². The van der Waals surface area contributed by atoms with Gasteiger partial charge < -0.3 is 14.8 Å². The number of imidazole rings is 1. The highest BCUT2D eigenvalue weighted by Crippen LogP contribution is 2.35. The van der Waals surface area contributed by atoms with Crippen molar-refractivity contribution in [3.8, 4) is 0 Å². The molecule has 5 rings (SSSR count). The third-order valence-electron chi connectivity index (χ3n) is 5.98. The van der Waals surface area contributed by atoms with Gasteiger partial charge in [-0.3, -0.25) is 14.5 Å². The van der Waals surface area contributed by atoms with Crippen molar-refractivity contribution in [2.45, 2.75) is 37.6 Å². The maximum Gasteiger partial charge on any atom is 0.228 e.